The second kappa shape index (κ2) is 16.2. The summed E-state index contributed by atoms with van der Waals surface area (Å²) < 4.78 is 0. The van der Waals surface area contributed by atoms with E-state index in [-0.39, 0.29) is 29.5 Å². The maximum Gasteiger partial charge on any atom is 0.267 e. The van der Waals surface area contributed by atoms with Gasteiger partial charge in [0.25, 0.3) is 5.91 Å². The highest BCUT2D eigenvalue weighted by molar-refractivity contribution is 7.17. The summed E-state index contributed by atoms with van der Waals surface area (Å²) in [6.07, 6.45) is 4.95. The first kappa shape index (κ1) is 37.8. The molecule has 3 atom stereocenters. The minimum absolute atomic E-state index is 0.193. The third kappa shape index (κ3) is 8.20. The fraction of sp³-hybridized carbons (Fsp3) is 0.425. The molecule has 16 heteroatoms. The van der Waals surface area contributed by atoms with Gasteiger partial charge < -0.3 is 25.3 Å². The van der Waals surface area contributed by atoms with Crippen molar-refractivity contribution in [1.82, 2.24) is 30.1 Å². The van der Waals surface area contributed by atoms with E-state index in [1.54, 1.807) is 6.07 Å². The van der Waals surface area contributed by atoms with E-state index in [9.17, 15) is 19.2 Å². The highest BCUT2D eigenvalue weighted by Crippen LogP contribution is 2.36. The van der Waals surface area contributed by atoms with Gasteiger partial charge in [-0.05, 0) is 69.0 Å². The lowest BCUT2D eigenvalue weighted by atomic mass is 9.90. The molecule has 3 unspecified atom stereocenters. The molecule has 0 radical (unpaired) electrons. The Hall–Kier alpha value is -5.12. The van der Waals surface area contributed by atoms with Crippen LogP contribution < -0.4 is 25.8 Å². The Balaban J connectivity index is 0.773. The first-order valence-corrected chi connectivity index (χ1v) is 20.4. The smallest absolute Gasteiger partial charge is 0.267 e. The summed E-state index contributed by atoms with van der Waals surface area (Å²) in [5.41, 5.74) is 3.58. The largest absolute Gasteiger partial charge is 0.366 e. The number of benzene rings is 2. The SMILES string of the molecule is Cc1nc(Nc2ncc(C(=O)Nc3c(C)cccc3Cl)s2)cc(N2CCN(C(=O)CCCN3CC4CC3CN4c3ccc(C4CCC(=O)NC4=O)cc3)CC2)n1. The number of amides is 4. The van der Waals surface area contributed by atoms with Gasteiger partial charge >= 0.3 is 0 Å². The quantitative estimate of drug-likeness (QED) is 0.174. The number of carbonyl (C=O) groups is 4. The van der Waals surface area contributed by atoms with E-state index < -0.39 is 0 Å². The van der Waals surface area contributed by atoms with Crippen molar-refractivity contribution in [3.05, 3.63) is 81.6 Å². The highest BCUT2D eigenvalue weighted by Gasteiger charge is 2.43. The molecule has 0 spiro atoms. The fourth-order valence-electron chi connectivity index (χ4n) is 8.32. The maximum absolute atomic E-state index is 13.2. The van der Waals surface area contributed by atoms with E-state index in [0.717, 1.165) is 49.4 Å². The van der Waals surface area contributed by atoms with Crippen LogP contribution >= 0.6 is 22.9 Å². The Kier molecular flexibility index (Phi) is 10.9. The molecule has 2 aromatic heterocycles. The summed E-state index contributed by atoms with van der Waals surface area (Å²) in [7, 11) is 0. The molecular formula is C40H45ClN10O4S. The number of piperidine rings is 1. The Morgan fingerprint density at radius 1 is 1.00 bits per heavy atom. The Labute approximate surface area is 334 Å². The second-order valence-corrected chi connectivity index (χ2v) is 16.4. The molecule has 6 heterocycles. The number of imide groups is 1. The van der Waals surface area contributed by atoms with Crippen LogP contribution in [0.4, 0.5) is 28.1 Å². The van der Waals surface area contributed by atoms with Crippen molar-refractivity contribution >= 4 is 74.7 Å². The van der Waals surface area contributed by atoms with Crippen LogP contribution in [-0.2, 0) is 14.4 Å². The minimum atomic E-state index is -0.289. The number of nitrogens with one attached hydrogen (secondary N) is 3. The number of piperazine rings is 2. The number of nitrogens with zero attached hydrogens (tertiary/aromatic N) is 7. The number of carbonyl (C=O) groups excluding carboxylic acids is 4. The predicted molar refractivity (Wildman–Crippen MR) is 217 cm³/mol. The number of thiazole rings is 1. The molecule has 4 aromatic rings. The van der Waals surface area contributed by atoms with E-state index >= 15 is 0 Å². The monoisotopic (exact) mass is 796 g/mol. The Bertz CT molecular complexity index is 2120. The summed E-state index contributed by atoms with van der Waals surface area (Å²) in [6, 6.07) is 16.5. The first-order valence-electron chi connectivity index (χ1n) is 19.2. The van der Waals surface area contributed by atoms with Crippen LogP contribution in [0.5, 0.6) is 0 Å². The first-order chi connectivity index (χ1) is 27.1. The van der Waals surface area contributed by atoms with Crippen LogP contribution in [0.15, 0.2) is 54.7 Å². The highest BCUT2D eigenvalue weighted by atomic mass is 35.5. The molecule has 8 rings (SSSR count). The van der Waals surface area contributed by atoms with Gasteiger partial charge in [0.1, 0.15) is 22.3 Å². The molecule has 4 saturated heterocycles. The van der Waals surface area contributed by atoms with Crippen molar-refractivity contribution in [3.63, 3.8) is 0 Å². The normalized spacial score (nSPS) is 21.1. The number of aryl methyl sites for hydroxylation is 2. The standard InChI is InChI=1S/C40H45ClN10O4S/c1-24-5-3-6-31(41)37(24)47-39(55)32-21-42-40(56-32)45-33-20-34(44-25(2)43-33)48-15-17-49(18-16-48)36(53)7-4-14-50-22-29-19-28(50)23-51(29)27-10-8-26(9-11-27)30-12-13-35(52)46-38(30)54/h3,5-6,8-11,20-21,28-30H,4,7,12-19,22-23H2,1-2H3,(H,47,55)(H,46,52,54)(H,42,43,44,45). The van der Waals surface area contributed by atoms with Crippen LogP contribution in [0.3, 0.4) is 0 Å². The van der Waals surface area contributed by atoms with Crippen molar-refractivity contribution in [3.8, 4) is 0 Å². The number of anilines is 5. The average molecular weight is 797 g/mol. The van der Waals surface area contributed by atoms with Crippen LogP contribution in [0, 0.1) is 13.8 Å². The molecule has 0 aliphatic carbocycles. The molecule has 4 amide bonds. The van der Waals surface area contributed by atoms with Crippen molar-refractivity contribution in [2.45, 2.75) is 64.0 Å². The summed E-state index contributed by atoms with van der Waals surface area (Å²) in [4.78, 5) is 73.2. The molecule has 14 nitrogen and oxygen atoms in total. The van der Waals surface area contributed by atoms with Gasteiger partial charge in [0.2, 0.25) is 17.7 Å². The Morgan fingerprint density at radius 3 is 2.54 bits per heavy atom. The minimum Gasteiger partial charge on any atom is -0.366 e. The molecule has 2 aromatic carbocycles. The van der Waals surface area contributed by atoms with E-state index in [4.69, 9.17) is 11.6 Å². The maximum atomic E-state index is 13.2. The number of fused-ring (bicyclic) bond motifs is 2. The third-order valence-corrected chi connectivity index (χ3v) is 12.5. The van der Waals surface area contributed by atoms with E-state index in [0.29, 0.717) is 89.9 Å². The summed E-state index contributed by atoms with van der Waals surface area (Å²) >= 11 is 7.51. The molecule has 56 heavy (non-hydrogen) atoms. The molecule has 3 N–H and O–H groups in total. The summed E-state index contributed by atoms with van der Waals surface area (Å²) in [6.45, 7) is 9.20. The number of halogens is 1. The Morgan fingerprint density at radius 2 is 1.80 bits per heavy atom. The lowest BCUT2D eigenvalue weighted by Gasteiger charge is -2.36. The van der Waals surface area contributed by atoms with Gasteiger partial charge in [0, 0.05) is 75.9 Å². The molecule has 4 aliphatic heterocycles. The number of rotatable bonds is 11. The van der Waals surface area contributed by atoms with E-state index in [1.807, 2.05) is 49.1 Å². The lowest BCUT2D eigenvalue weighted by Crippen LogP contribution is -2.49. The van der Waals surface area contributed by atoms with Gasteiger partial charge in [-0.25, -0.2) is 15.0 Å². The number of aromatic nitrogens is 3. The van der Waals surface area contributed by atoms with Crippen molar-refractivity contribution in [2.24, 2.45) is 0 Å². The van der Waals surface area contributed by atoms with Crippen molar-refractivity contribution < 1.29 is 19.2 Å². The molecule has 4 fully saturated rings. The van der Waals surface area contributed by atoms with Crippen LogP contribution in [0.25, 0.3) is 0 Å². The zero-order chi connectivity index (χ0) is 38.9. The molecule has 0 saturated carbocycles. The number of para-hydroxylation sites is 1. The van der Waals surface area contributed by atoms with E-state index in [2.05, 4.69) is 57.7 Å². The number of hydrogen-bond acceptors (Lipinski definition) is 12. The van der Waals surface area contributed by atoms with E-state index in [1.165, 1.54) is 23.2 Å². The zero-order valence-corrected chi connectivity index (χ0v) is 33.0. The van der Waals surface area contributed by atoms with Crippen molar-refractivity contribution in [2.75, 3.05) is 66.2 Å². The van der Waals surface area contributed by atoms with Crippen LogP contribution in [0.2, 0.25) is 5.02 Å². The van der Waals surface area contributed by atoms with Crippen molar-refractivity contribution in [1.29, 1.82) is 0 Å². The molecule has 292 valence electrons. The lowest BCUT2D eigenvalue weighted by molar-refractivity contribution is -0.134. The van der Waals surface area contributed by atoms with Gasteiger partial charge in [-0.1, -0.05) is 47.2 Å². The fourth-order valence-corrected chi connectivity index (χ4v) is 9.30. The van der Waals surface area contributed by atoms with Gasteiger partial charge in [0.05, 0.1) is 22.8 Å². The van der Waals surface area contributed by atoms with Crippen LogP contribution in [0.1, 0.15) is 64.6 Å². The number of likely N-dealkylation sites (tertiary alicyclic amines) is 1. The van der Waals surface area contributed by atoms with Gasteiger partial charge in [-0.3, -0.25) is 29.4 Å². The summed E-state index contributed by atoms with van der Waals surface area (Å²) in [5.74, 6) is 1.21. The zero-order valence-electron chi connectivity index (χ0n) is 31.5. The molecule has 2 bridgehead atoms. The topological polar surface area (TPSA) is 156 Å². The number of hydrogen-bond donors (Lipinski definition) is 3. The van der Waals surface area contributed by atoms with Gasteiger partial charge in [-0.15, -0.1) is 0 Å². The second-order valence-electron chi connectivity index (χ2n) is 15.0. The molecule has 4 aliphatic rings. The van der Waals surface area contributed by atoms with Gasteiger partial charge in [0.15, 0.2) is 5.13 Å². The third-order valence-electron chi connectivity index (χ3n) is 11.3. The molecular weight excluding hydrogens is 752 g/mol. The van der Waals surface area contributed by atoms with Gasteiger partial charge in [-0.2, -0.15) is 0 Å². The summed E-state index contributed by atoms with van der Waals surface area (Å²) in [5, 5.41) is 9.57. The van der Waals surface area contributed by atoms with Crippen LogP contribution in [-0.4, -0.2) is 106 Å². The predicted octanol–water partition coefficient (Wildman–Crippen LogP) is 5.11. The average Bonchev–Trinajstić information content (AvgIpc) is 3.93.